The molecule has 2 atom stereocenters. The van der Waals surface area contributed by atoms with Crippen molar-refractivity contribution in [3.63, 3.8) is 0 Å². The zero-order chi connectivity index (χ0) is 23.4. The van der Waals surface area contributed by atoms with Crippen molar-refractivity contribution < 1.29 is 19.1 Å². The first kappa shape index (κ1) is 20.9. The van der Waals surface area contributed by atoms with E-state index in [9.17, 15) is 14.4 Å². The molecular formula is C26H26N4O4. The molecule has 0 aliphatic carbocycles. The predicted octanol–water partition coefficient (Wildman–Crippen LogP) is 3.32. The Kier molecular flexibility index (Phi) is 4.74. The van der Waals surface area contributed by atoms with Gasteiger partial charge in [-0.1, -0.05) is 18.2 Å². The SMILES string of the molecule is C[C@]12C(=O)N(c3ccc(C(=O)NCC4CCCO4)cc3)C(=O)N1CCc1c2[nH]c2ccccc12. The van der Waals surface area contributed by atoms with E-state index in [2.05, 4.69) is 10.3 Å². The van der Waals surface area contributed by atoms with Crippen LogP contribution >= 0.6 is 0 Å². The average molecular weight is 459 g/mol. The van der Waals surface area contributed by atoms with Crippen LogP contribution < -0.4 is 10.2 Å². The first-order valence-electron chi connectivity index (χ1n) is 11.7. The number of benzene rings is 2. The Morgan fingerprint density at radius 3 is 2.74 bits per heavy atom. The number of nitrogens with zero attached hydrogens (tertiary/aromatic N) is 2. The van der Waals surface area contributed by atoms with Crippen molar-refractivity contribution in [2.24, 2.45) is 0 Å². The maximum absolute atomic E-state index is 13.7. The van der Waals surface area contributed by atoms with Gasteiger partial charge in [-0.25, -0.2) is 9.69 Å². The summed E-state index contributed by atoms with van der Waals surface area (Å²) < 4.78 is 5.55. The summed E-state index contributed by atoms with van der Waals surface area (Å²) in [6.07, 6.45) is 2.72. The molecule has 4 amide bonds. The van der Waals surface area contributed by atoms with Gasteiger partial charge in [-0.2, -0.15) is 0 Å². The molecule has 3 aliphatic rings. The van der Waals surface area contributed by atoms with Gasteiger partial charge in [-0.05, 0) is 62.1 Å². The number of aromatic amines is 1. The van der Waals surface area contributed by atoms with Crippen molar-refractivity contribution >= 4 is 34.4 Å². The van der Waals surface area contributed by atoms with Crippen molar-refractivity contribution in [1.82, 2.24) is 15.2 Å². The third-order valence-corrected chi connectivity index (χ3v) is 7.37. The van der Waals surface area contributed by atoms with Crippen LogP contribution in [0.15, 0.2) is 48.5 Å². The molecule has 2 saturated heterocycles. The van der Waals surface area contributed by atoms with Crippen LogP contribution in [0.1, 0.15) is 41.4 Å². The van der Waals surface area contributed by atoms with Gasteiger partial charge in [0.05, 0.1) is 17.5 Å². The number of ether oxygens (including phenoxy) is 1. The third kappa shape index (κ3) is 2.98. The summed E-state index contributed by atoms with van der Waals surface area (Å²) in [4.78, 5) is 45.9. The predicted molar refractivity (Wildman–Crippen MR) is 127 cm³/mol. The van der Waals surface area contributed by atoms with Crippen molar-refractivity contribution in [3.8, 4) is 0 Å². The number of para-hydroxylation sites is 1. The van der Waals surface area contributed by atoms with Crippen LogP contribution in [0, 0.1) is 0 Å². The Labute approximate surface area is 196 Å². The lowest BCUT2D eigenvalue weighted by Crippen LogP contribution is -2.49. The summed E-state index contributed by atoms with van der Waals surface area (Å²) in [6.45, 7) is 3.50. The normalized spacial score (nSPS) is 24.0. The first-order valence-corrected chi connectivity index (χ1v) is 11.7. The third-order valence-electron chi connectivity index (χ3n) is 7.37. The molecule has 0 radical (unpaired) electrons. The lowest BCUT2D eigenvalue weighted by molar-refractivity contribution is -0.125. The quantitative estimate of drug-likeness (QED) is 0.587. The second-order valence-corrected chi connectivity index (χ2v) is 9.31. The van der Waals surface area contributed by atoms with Gasteiger partial charge in [0.25, 0.3) is 11.8 Å². The molecule has 3 aromatic rings. The lowest BCUT2D eigenvalue weighted by atomic mass is 9.87. The molecule has 1 aromatic heterocycles. The number of amides is 4. The molecule has 8 nitrogen and oxygen atoms in total. The van der Waals surface area contributed by atoms with E-state index in [1.54, 1.807) is 29.2 Å². The highest BCUT2D eigenvalue weighted by atomic mass is 16.5. The minimum absolute atomic E-state index is 0.0655. The minimum atomic E-state index is -1.10. The highest BCUT2D eigenvalue weighted by molar-refractivity contribution is 6.23. The van der Waals surface area contributed by atoms with Gasteiger partial charge in [-0.3, -0.25) is 9.59 Å². The highest BCUT2D eigenvalue weighted by Crippen LogP contribution is 2.45. The number of aromatic nitrogens is 1. The fraction of sp³-hybridized carbons (Fsp3) is 0.346. The summed E-state index contributed by atoms with van der Waals surface area (Å²) in [5.41, 5.74) is 2.68. The van der Waals surface area contributed by atoms with Gasteiger partial charge in [0.15, 0.2) is 5.54 Å². The number of imide groups is 1. The van der Waals surface area contributed by atoms with E-state index in [1.807, 2.05) is 31.2 Å². The second kappa shape index (κ2) is 7.70. The molecule has 0 bridgehead atoms. The van der Waals surface area contributed by atoms with Crippen LogP contribution in [0.3, 0.4) is 0 Å². The number of nitrogens with one attached hydrogen (secondary N) is 2. The highest BCUT2D eigenvalue weighted by Gasteiger charge is 2.59. The number of H-pyrrole nitrogens is 1. The van der Waals surface area contributed by atoms with Gasteiger partial charge in [-0.15, -0.1) is 0 Å². The van der Waals surface area contributed by atoms with Crippen LogP contribution in [0.4, 0.5) is 10.5 Å². The van der Waals surface area contributed by atoms with Crippen LogP contribution in [-0.2, 0) is 21.5 Å². The maximum Gasteiger partial charge on any atom is 0.332 e. The molecule has 0 spiro atoms. The number of anilines is 1. The van der Waals surface area contributed by atoms with Gasteiger partial charge in [0.1, 0.15) is 0 Å². The Morgan fingerprint density at radius 2 is 1.97 bits per heavy atom. The topological polar surface area (TPSA) is 94.7 Å². The standard InChI is InChI=1S/C26H26N4O4/c1-26-22-20(19-6-2-3-7-21(19)28-22)12-13-29(26)25(33)30(24(26)32)17-10-8-16(9-11-17)23(31)27-15-18-5-4-14-34-18/h2-3,6-11,18,28H,4-5,12-15H2,1H3,(H,27,31)/t18?,26-/m0/s1. The van der Waals surface area contributed by atoms with E-state index in [-0.39, 0.29) is 23.9 Å². The Balaban J connectivity index is 1.27. The van der Waals surface area contributed by atoms with Gasteiger partial charge < -0.3 is 19.9 Å². The number of fused-ring (bicyclic) bond motifs is 5. The van der Waals surface area contributed by atoms with Gasteiger partial charge in [0.2, 0.25) is 0 Å². The van der Waals surface area contributed by atoms with Gasteiger partial charge in [0, 0.05) is 36.2 Å². The van der Waals surface area contributed by atoms with Crippen LogP contribution in [0.5, 0.6) is 0 Å². The number of hydrogen-bond acceptors (Lipinski definition) is 4. The summed E-state index contributed by atoms with van der Waals surface area (Å²) in [6, 6.07) is 14.2. The molecule has 1 unspecified atom stereocenters. The molecule has 4 heterocycles. The molecule has 2 N–H and O–H groups in total. The maximum atomic E-state index is 13.7. The molecule has 8 heteroatoms. The van der Waals surface area contributed by atoms with E-state index in [4.69, 9.17) is 4.74 Å². The Bertz CT molecular complexity index is 1310. The number of hydrogen-bond donors (Lipinski definition) is 2. The minimum Gasteiger partial charge on any atom is -0.376 e. The monoisotopic (exact) mass is 458 g/mol. The van der Waals surface area contributed by atoms with E-state index < -0.39 is 5.54 Å². The zero-order valence-electron chi connectivity index (χ0n) is 19.0. The molecule has 2 fully saturated rings. The van der Waals surface area contributed by atoms with Crippen molar-refractivity contribution in [1.29, 1.82) is 0 Å². The van der Waals surface area contributed by atoms with Gasteiger partial charge >= 0.3 is 6.03 Å². The van der Waals surface area contributed by atoms with Crippen molar-refractivity contribution in [2.75, 3.05) is 24.6 Å². The van der Waals surface area contributed by atoms with E-state index in [1.165, 1.54) is 4.90 Å². The zero-order valence-corrected chi connectivity index (χ0v) is 19.0. The van der Waals surface area contributed by atoms with Crippen molar-refractivity contribution in [2.45, 2.75) is 37.8 Å². The molecule has 3 aliphatic heterocycles. The van der Waals surface area contributed by atoms with E-state index in [0.29, 0.717) is 30.8 Å². The number of carbonyl (C=O) groups excluding carboxylic acids is 3. The molecular weight excluding hydrogens is 432 g/mol. The number of carbonyl (C=O) groups is 3. The molecule has 174 valence electrons. The fourth-order valence-electron chi connectivity index (χ4n) is 5.50. The van der Waals surface area contributed by atoms with Crippen LogP contribution in [-0.4, -0.2) is 53.5 Å². The molecule has 6 rings (SSSR count). The second-order valence-electron chi connectivity index (χ2n) is 9.31. The summed E-state index contributed by atoms with van der Waals surface area (Å²) in [5.74, 6) is -0.492. The van der Waals surface area contributed by atoms with E-state index >= 15 is 0 Å². The van der Waals surface area contributed by atoms with Crippen molar-refractivity contribution in [3.05, 3.63) is 65.4 Å². The van der Waals surface area contributed by atoms with Crippen LogP contribution in [0.2, 0.25) is 0 Å². The number of rotatable bonds is 4. The van der Waals surface area contributed by atoms with Crippen LogP contribution in [0.25, 0.3) is 10.9 Å². The summed E-state index contributed by atoms with van der Waals surface area (Å²) in [7, 11) is 0. The first-order chi connectivity index (χ1) is 16.5. The fourth-order valence-corrected chi connectivity index (χ4v) is 5.50. The Hall–Kier alpha value is -3.65. The average Bonchev–Trinajstić information content (AvgIpc) is 3.55. The summed E-state index contributed by atoms with van der Waals surface area (Å²) >= 11 is 0. The molecule has 2 aromatic carbocycles. The summed E-state index contributed by atoms with van der Waals surface area (Å²) in [5, 5.41) is 3.99. The molecule has 34 heavy (non-hydrogen) atoms. The smallest absolute Gasteiger partial charge is 0.332 e. The Morgan fingerprint density at radius 1 is 1.18 bits per heavy atom. The van der Waals surface area contributed by atoms with E-state index in [0.717, 1.165) is 41.6 Å². The lowest BCUT2D eigenvalue weighted by Gasteiger charge is -2.35. The number of urea groups is 1. The largest absolute Gasteiger partial charge is 0.376 e. The molecule has 0 saturated carbocycles.